The molecule has 0 amide bonds. The SMILES string of the molecule is CC[C@@H]1C=CCO1.CO. The van der Waals surface area contributed by atoms with Crippen LogP contribution in [-0.2, 0) is 4.74 Å². The maximum atomic E-state index is 7.00. The van der Waals surface area contributed by atoms with Gasteiger partial charge in [-0.1, -0.05) is 19.1 Å². The maximum Gasteiger partial charge on any atom is 0.0758 e. The van der Waals surface area contributed by atoms with Crippen molar-refractivity contribution in [3.05, 3.63) is 12.2 Å². The minimum absolute atomic E-state index is 0.417. The summed E-state index contributed by atoms with van der Waals surface area (Å²) in [7, 11) is 1.00. The van der Waals surface area contributed by atoms with Crippen LogP contribution in [0, 0.1) is 0 Å². The van der Waals surface area contributed by atoms with E-state index in [0.29, 0.717) is 6.10 Å². The third-order valence-electron chi connectivity index (χ3n) is 1.16. The van der Waals surface area contributed by atoms with E-state index in [1.54, 1.807) is 0 Å². The zero-order chi connectivity index (χ0) is 7.11. The number of hydrogen-bond acceptors (Lipinski definition) is 2. The van der Waals surface area contributed by atoms with Gasteiger partial charge in [-0.2, -0.15) is 0 Å². The van der Waals surface area contributed by atoms with Crippen LogP contribution in [0.1, 0.15) is 13.3 Å². The lowest BCUT2D eigenvalue weighted by Crippen LogP contribution is -2.00. The Balaban J connectivity index is 0.000000291. The van der Waals surface area contributed by atoms with Crippen molar-refractivity contribution in [3.8, 4) is 0 Å². The topological polar surface area (TPSA) is 29.5 Å². The highest BCUT2D eigenvalue weighted by molar-refractivity contribution is 4.94. The second-order valence-electron chi connectivity index (χ2n) is 1.71. The van der Waals surface area contributed by atoms with Crippen molar-refractivity contribution in [2.24, 2.45) is 0 Å². The van der Waals surface area contributed by atoms with Gasteiger partial charge in [-0.3, -0.25) is 0 Å². The molecule has 0 aromatic carbocycles. The molecule has 1 rings (SSSR count). The van der Waals surface area contributed by atoms with Crippen LogP contribution < -0.4 is 0 Å². The predicted molar refractivity (Wildman–Crippen MR) is 37.3 cm³/mol. The lowest BCUT2D eigenvalue weighted by Gasteiger charge is -2.00. The van der Waals surface area contributed by atoms with E-state index >= 15 is 0 Å². The Bertz CT molecular complexity index is 79.0. The molecule has 0 aromatic rings. The molecule has 0 radical (unpaired) electrons. The Hall–Kier alpha value is -0.340. The Kier molecular flexibility index (Phi) is 5.57. The smallest absolute Gasteiger partial charge is 0.0758 e. The van der Waals surface area contributed by atoms with Crippen LogP contribution in [0.2, 0.25) is 0 Å². The van der Waals surface area contributed by atoms with Crippen LogP contribution in [0.25, 0.3) is 0 Å². The van der Waals surface area contributed by atoms with Crippen molar-refractivity contribution in [2.75, 3.05) is 13.7 Å². The van der Waals surface area contributed by atoms with Gasteiger partial charge in [0.15, 0.2) is 0 Å². The van der Waals surface area contributed by atoms with Gasteiger partial charge in [0.25, 0.3) is 0 Å². The highest BCUT2D eigenvalue weighted by Gasteiger charge is 2.03. The van der Waals surface area contributed by atoms with E-state index in [2.05, 4.69) is 19.1 Å². The third-order valence-corrected chi connectivity index (χ3v) is 1.16. The van der Waals surface area contributed by atoms with E-state index in [9.17, 15) is 0 Å². The van der Waals surface area contributed by atoms with Crippen LogP contribution >= 0.6 is 0 Å². The molecule has 0 spiro atoms. The monoisotopic (exact) mass is 130 g/mol. The molecular formula is C7H14O2. The second kappa shape index (κ2) is 5.79. The molecule has 54 valence electrons. The molecule has 0 fully saturated rings. The Morgan fingerprint density at radius 2 is 2.33 bits per heavy atom. The number of rotatable bonds is 1. The summed E-state index contributed by atoms with van der Waals surface area (Å²) in [6, 6.07) is 0. The average molecular weight is 130 g/mol. The molecule has 9 heavy (non-hydrogen) atoms. The molecule has 0 aliphatic carbocycles. The molecule has 1 aliphatic rings. The summed E-state index contributed by atoms with van der Waals surface area (Å²) in [5, 5.41) is 7.00. The van der Waals surface area contributed by atoms with Gasteiger partial charge in [0.2, 0.25) is 0 Å². The van der Waals surface area contributed by atoms with E-state index in [0.717, 1.165) is 20.1 Å². The Morgan fingerprint density at radius 3 is 2.56 bits per heavy atom. The van der Waals surface area contributed by atoms with Crippen molar-refractivity contribution in [2.45, 2.75) is 19.4 Å². The first-order chi connectivity index (χ1) is 4.43. The van der Waals surface area contributed by atoms with Crippen molar-refractivity contribution in [1.82, 2.24) is 0 Å². The molecule has 2 nitrogen and oxygen atoms in total. The van der Waals surface area contributed by atoms with Gasteiger partial charge < -0.3 is 9.84 Å². The van der Waals surface area contributed by atoms with Gasteiger partial charge in [-0.25, -0.2) is 0 Å². The standard InChI is InChI=1S/C6H10O.CH4O/c1-2-6-4-3-5-7-6;1-2/h3-4,6H,2,5H2,1H3;2H,1H3/t6-;/m1./s1. The van der Waals surface area contributed by atoms with Crippen LogP contribution in [0.3, 0.4) is 0 Å². The van der Waals surface area contributed by atoms with Crippen molar-refractivity contribution in [3.63, 3.8) is 0 Å². The quantitative estimate of drug-likeness (QED) is 0.536. The fourth-order valence-corrected chi connectivity index (χ4v) is 0.696. The number of aliphatic hydroxyl groups is 1. The summed E-state index contributed by atoms with van der Waals surface area (Å²) >= 11 is 0. The molecule has 0 saturated carbocycles. The van der Waals surface area contributed by atoms with Gasteiger partial charge in [0.05, 0.1) is 12.7 Å². The largest absolute Gasteiger partial charge is 0.400 e. The van der Waals surface area contributed by atoms with Crippen LogP contribution in [0.5, 0.6) is 0 Å². The zero-order valence-corrected chi connectivity index (χ0v) is 6.00. The lowest BCUT2D eigenvalue weighted by atomic mass is 10.3. The summed E-state index contributed by atoms with van der Waals surface area (Å²) in [5.41, 5.74) is 0. The van der Waals surface area contributed by atoms with Gasteiger partial charge in [-0.05, 0) is 6.42 Å². The molecule has 2 heteroatoms. The minimum Gasteiger partial charge on any atom is -0.400 e. The van der Waals surface area contributed by atoms with E-state index in [-0.39, 0.29) is 0 Å². The first-order valence-electron chi connectivity index (χ1n) is 3.16. The Labute approximate surface area is 56.1 Å². The van der Waals surface area contributed by atoms with E-state index in [1.807, 2.05) is 0 Å². The van der Waals surface area contributed by atoms with E-state index in [1.165, 1.54) is 0 Å². The minimum atomic E-state index is 0.417. The van der Waals surface area contributed by atoms with E-state index in [4.69, 9.17) is 9.84 Å². The van der Waals surface area contributed by atoms with Crippen molar-refractivity contribution in [1.29, 1.82) is 0 Å². The van der Waals surface area contributed by atoms with Crippen molar-refractivity contribution >= 4 is 0 Å². The molecule has 1 atom stereocenters. The fourth-order valence-electron chi connectivity index (χ4n) is 0.696. The van der Waals surface area contributed by atoms with Crippen LogP contribution in [0.15, 0.2) is 12.2 Å². The molecular weight excluding hydrogens is 116 g/mol. The van der Waals surface area contributed by atoms with Crippen LogP contribution in [0.4, 0.5) is 0 Å². The summed E-state index contributed by atoms with van der Waals surface area (Å²) in [6.45, 7) is 2.94. The maximum absolute atomic E-state index is 7.00. The average Bonchev–Trinajstić information content (AvgIpc) is 2.43. The molecule has 1 N–H and O–H groups in total. The number of hydrogen-bond donors (Lipinski definition) is 1. The zero-order valence-electron chi connectivity index (χ0n) is 6.00. The number of ether oxygens (including phenoxy) is 1. The van der Waals surface area contributed by atoms with Gasteiger partial charge in [-0.15, -0.1) is 0 Å². The first kappa shape index (κ1) is 8.66. The highest BCUT2D eigenvalue weighted by Crippen LogP contribution is 2.05. The summed E-state index contributed by atoms with van der Waals surface area (Å²) < 4.78 is 5.19. The summed E-state index contributed by atoms with van der Waals surface area (Å²) in [4.78, 5) is 0. The highest BCUT2D eigenvalue weighted by atomic mass is 16.5. The van der Waals surface area contributed by atoms with Gasteiger partial charge >= 0.3 is 0 Å². The molecule has 1 aliphatic heterocycles. The summed E-state index contributed by atoms with van der Waals surface area (Å²) in [5.74, 6) is 0. The third kappa shape index (κ3) is 3.27. The molecule has 0 saturated heterocycles. The van der Waals surface area contributed by atoms with Crippen LogP contribution in [-0.4, -0.2) is 24.9 Å². The summed E-state index contributed by atoms with van der Waals surface area (Å²) in [6.07, 6.45) is 5.70. The molecule has 0 unspecified atom stereocenters. The van der Waals surface area contributed by atoms with Gasteiger partial charge in [0, 0.05) is 7.11 Å². The molecule has 0 bridgehead atoms. The van der Waals surface area contributed by atoms with Gasteiger partial charge in [0.1, 0.15) is 0 Å². The van der Waals surface area contributed by atoms with E-state index < -0.39 is 0 Å². The normalized spacial score (nSPS) is 23.2. The predicted octanol–water partition coefficient (Wildman–Crippen LogP) is 0.960. The second-order valence-corrected chi connectivity index (χ2v) is 1.71. The number of aliphatic hydroxyl groups excluding tert-OH is 1. The lowest BCUT2D eigenvalue weighted by molar-refractivity contribution is 0.125. The fraction of sp³-hybridized carbons (Fsp3) is 0.714. The Morgan fingerprint density at radius 1 is 1.67 bits per heavy atom. The molecule has 1 heterocycles. The first-order valence-corrected chi connectivity index (χ1v) is 3.16. The molecule has 0 aromatic heterocycles. The van der Waals surface area contributed by atoms with Crippen molar-refractivity contribution < 1.29 is 9.84 Å².